The van der Waals surface area contributed by atoms with Gasteiger partial charge in [0.1, 0.15) is 0 Å². The van der Waals surface area contributed by atoms with Gasteiger partial charge in [0.25, 0.3) is 0 Å². The van der Waals surface area contributed by atoms with Crippen molar-refractivity contribution in [2.75, 3.05) is 26.7 Å². The molecule has 0 aromatic rings. The molecule has 0 bridgehead atoms. The average Bonchev–Trinajstić information content (AvgIpc) is 2.43. The maximum atomic E-state index is 12.3. The third-order valence-electron chi connectivity index (χ3n) is 3.53. The van der Waals surface area contributed by atoms with E-state index in [4.69, 9.17) is 0 Å². The van der Waals surface area contributed by atoms with E-state index in [1.807, 2.05) is 0 Å². The van der Waals surface area contributed by atoms with E-state index in [2.05, 4.69) is 10.1 Å². The first-order chi connectivity index (χ1) is 8.93. The molecule has 1 aliphatic heterocycles. The van der Waals surface area contributed by atoms with Gasteiger partial charge in [-0.15, -0.1) is 0 Å². The number of rotatable bonds is 6. The predicted octanol–water partition coefficient (Wildman–Crippen LogP) is 0.342. The van der Waals surface area contributed by atoms with Gasteiger partial charge in [-0.2, -0.15) is 4.31 Å². The van der Waals surface area contributed by atoms with Crippen LogP contribution in [0, 0.1) is 0 Å². The largest absolute Gasteiger partial charge is 0.468 e. The number of carbonyl (C=O) groups is 1. The number of esters is 1. The SMILES string of the molecule is CCN(CC1CCCCN1)S(=O)(=O)C(C)C(=O)OC. The highest BCUT2D eigenvalue weighted by Crippen LogP contribution is 2.14. The molecule has 1 aliphatic rings. The summed E-state index contributed by atoms with van der Waals surface area (Å²) in [6.45, 7) is 4.86. The molecule has 7 heteroatoms. The Hall–Kier alpha value is -0.660. The lowest BCUT2D eigenvalue weighted by Crippen LogP contribution is -2.49. The van der Waals surface area contributed by atoms with E-state index in [1.165, 1.54) is 18.3 Å². The second-order valence-electron chi connectivity index (χ2n) is 4.81. The molecule has 2 unspecified atom stereocenters. The third-order valence-corrected chi connectivity index (χ3v) is 5.74. The van der Waals surface area contributed by atoms with Crippen LogP contribution in [-0.2, 0) is 19.6 Å². The summed E-state index contributed by atoms with van der Waals surface area (Å²) < 4.78 is 30.6. The zero-order chi connectivity index (χ0) is 14.5. The number of ether oxygens (including phenoxy) is 1. The zero-order valence-electron chi connectivity index (χ0n) is 11.9. The topological polar surface area (TPSA) is 75.7 Å². The first-order valence-corrected chi connectivity index (χ1v) is 8.24. The number of nitrogens with zero attached hydrogens (tertiary/aromatic N) is 1. The maximum absolute atomic E-state index is 12.3. The van der Waals surface area contributed by atoms with Crippen molar-refractivity contribution in [2.45, 2.75) is 44.4 Å². The summed E-state index contributed by atoms with van der Waals surface area (Å²) >= 11 is 0. The molecule has 6 nitrogen and oxygen atoms in total. The second-order valence-corrected chi connectivity index (χ2v) is 7.06. The van der Waals surface area contributed by atoms with E-state index >= 15 is 0 Å². The summed E-state index contributed by atoms with van der Waals surface area (Å²) in [5, 5.41) is 2.16. The number of hydrogen-bond acceptors (Lipinski definition) is 5. The molecule has 1 heterocycles. The molecule has 0 aromatic heterocycles. The Bertz CT molecular complexity index is 391. The highest BCUT2D eigenvalue weighted by atomic mass is 32.2. The Morgan fingerprint density at radius 3 is 2.63 bits per heavy atom. The van der Waals surface area contributed by atoms with Gasteiger partial charge in [-0.3, -0.25) is 4.79 Å². The fraction of sp³-hybridized carbons (Fsp3) is 0.917. The van der Waals surface area contributed by atoms with Crippen molar-refractivity contribution in [3.05, 3.63) is 0 Å². The number of nitrogens with one attached hydrogen (secondary N) is 1. The summed E-state index contributed by atoms with van der Waals surface area (Å²) in [7, 11) is -2.44. The van der Waals surface area contributed by atoms with Gasteiger partial charge in [-0.05, 0) is 26.3 Å². The Labute approximate surface area is 115 Å². The van der Waals surface area contributed by atoms with Crippen LogP contribution in [0.25, 0.3) is 0 Å². The van der Waals surface area contributed by atoms with E-state index in [-0.39, 0.29) is 6.04 Å². The summed E-state index contributed by atoms with van der Waals surface area (Å²) in [5.41, 5.74) is 0. The highest BCUT2D eigenvalue weighted by molar-refractivity contribution is 7.90. The van der Waals surface area contributed by atoms with Crippen LogP contribution in [0.2, 0.25) is 0 Å². The fourth-order valence-corrected chi connectivity index (χ4v) is 3.78. The van der Waals surface area contributed by atoms with E-state index in [9.17, 15) is 13.2 Å². The van der Waals surface area contributed by atoms with Crippen molar-refractivity contribution in [1.29, 1.82) is 0 Å². The third kappa shape index (κ3) is 4.15. The van der Waals surface area contributed by atoms with Crippen LogP contribution < -0.4 is 5.32 Å². The summed E-state index contributed by atoms with van der Waals surface area (Å²) in [6, 6.07) is 0.174. The Kier molecular flexibility index (Phi) is 6.22. The van der Waals surface area contributed by atoms with E-state index in [0.29, 0.717) is 13.1 Å². The first kappa shape index (κ1) is 16.4. The molecule has 112 valence electrons. The first-order valence-electron chi connectivity index (χ1n) is 6.73. The summed E-state index contributed by atoms with van der Waals surface area (Å²) in [4.78, 5) is 11.4. The maximum Gasteiger partial charge on any atom is 0.325 e. The Morgan fingerprint density at radius 2 is 2.16 bits per heavy atom. The van der Waals surface area contributed by atoms with Gasteiger partial charge in [-0.1, -0.05) is 13.3 Å². The van der Waals surface area contributed by atoms with Crippen LogP contribution >= 0.6 is 0 Å². The lowest BCUT2D eigenvalue weighted by Gasteiger charge is -2.30. The van der Waals surface area contributed by atoms with Crippen molar-refractivity contribution in [1.82, 2.24) is 9.62 Å². The number of likely N-dealkylation sites (N-methyl/N-ethyl adjacent to an activating group) is 1. The molecule has 0 aliphatic carbocycles. The van der Waals surface area contributed by atoms with Gasteiger partial charge < -0.3 is 10.1 Å². The lowest BCUT2D eigenvalue weighted by atomic mass is 10.1. The van der Waals surface area contributed by atoms with E-state index in [1.54, 1.807) is 6.92 Å². The highest BCUT2D eigenvalue weighted by Gasteiger charge is 2.35. The van der Waals surface area contributed by atoms with Crippen molar-refractivity contribution < 1.29 is 17.9 Å². The molecule has 19 heavy (non-hydrogen) atoms. The van der Waals surface area contributed by atoms with Gasteiger partial charge in [0, 0.05) is 19.1 Å². The minimum absolute atomic E-state index is 0.174. The van der Waals surface area contributed by atoms with Crippen molar-refractivity contribution in [3.63, 3.8) is 0 Å². The van der Waals surface area contributed by atoms with E-state index < -0.39 is 21.2 Å². The predicted molar refractivity (Wildman–Crippen MR) is 73.3 cm³/mol. The normalized spacial score (nSPS) is 22.2. The quantitative estimate of drug-likeness (QED) is 0.715. The average molecular weight is 292 g/mol. The van der Waals surface area contributed by atoms with Crippen LogP contribution in [0.1, 0.15) is 33.1 Å². The fourth-order valence-electron chi connectivity index (χ4n) is 2.25. The van der Waals surface area contributed by atoms with Gasteiger partial charge in [0.15, 0.2) is 5.25 Å². The van der Waals surface area contributed by atoms with Crippen molar-refractivity contribution in [2.24, 2.45) is 0 Å². The molecule has 0 amide bonds. The molecule has 0 aromatic carbocycles. The smallest absolute Gasteiger partial charge is 0.325 e. The molecule has 1 N–H and O–H groups in total. The summed E-state index contributed by atoms with van der Waals surface area (Å²) in [6.07, 6.45) is 3.22. The van der Waals surface area contributed by atoms with Gasteiger partial charge in [-0.25, -0.2) is 8.42 Å². The molecule has 1 fully saturated rings. The van der Waals surface area contributed by atoms with Crippen molar-refractivity contribution in [3.8, 4) is 0 Å². The van der Waals surface area contributed by atoms with E-state index in [0.717, 1.165) is 25.8 Å². The van der Waals surface area contributed by atoms with Crippen molar-refractivity contribution >= 4 is 16.0 Å². The molecule has 0 radical (unpaired) electrons. The van der Waals surface area contributed by atoms with Gasteiger partial charge in [0.2, 0.25) is 10.0 Å². The van der Waals surface area contributed by atoms with Crippen LogP contribution in [0.3, 0.4) is 0 Å². The molecular weight excluding hydrogens is 268 g/mol. The minimum atomic E-state index is -3.64. The lowest BCUT2D eigenvalue weighted by molar-refractivity contribution is -0.139. The number of carbonyl (C=O) groups excluding carboxylic acids is 1. The second kappa shape index (κ2) is 7.21. The molecule has 0 saturated carbocycles. The number of piperidine rings is 1. The number of hydrogen-bond donors (Lipinski definition) is 1. The molecule has 2 atom stereocenters. The zero-order valence-corrected chi connectivity index (χ0v) is 12.7. The molecule has 1 rings (SSSR count). The monoisotopic (exact) mass is 292 g/mol. The Balaban J connectivity index is 2.74. The molecule has 0 spiro atoms. The number of sulfonamides is 1. The standard InChI is InChI=1S/C12H24N2O4S/c1-4-14(9-11-7-5-6-8-13-11)19(16,17)10(2)12(15)18-3/h10-11,13H,4-9H2,1-3H3. The summed E-state index contributed by atoms with van der Waals surface area (Å²) in [5.74, 6) is -0.713. The van der Waals surface area contributed by atoms with Crippen LogP contribution in [0.5, 0.6) is 0 Å². The number of methoxy groups -OCH3 is 1. The van der Waals surface area contributed by atoms with Gasteiger partial charge >= 0.3 is 5.97 Å². The Morgan fingerprint density at radius 1 is 1.47 bits per heavy atom. The van der Waals surface area contributed by atoms with Crippen LogP contribution in [0.4, 0.5) is 0 Å². The van der Waals surface area contributed by atoms with Gasteiger partial charge in [0.05, 0.1) is 7.11 Å². The minimum Gasteiger partial charge on any atom is -0.468 e. The molecule has 1 saturated heterocycles. The molecular formula is C12H24N2O4S. The van der Waals surface area contributed by atoms with Crippen LogP contribution in [0.15, 0.2) is 0 Å². The van der Waals surface area contributed by atoms with Crippen LogP contribution in [-0.4, -0.2) is 56.7 Å².